The summed E-state index contributed by atoms with van der Waals surface area (Å²) in [6, 6.07) is 0. The first-order valence-electron chi connectivity index (χ1n) is 13.8. The van der Waals surface area contributed by atoms with Crippen LogP contribution in [-0.4, -0.2) is 22.3 Å². The van der Waals surface area contributed by atoms with Crippen LogP contribution >= 0.6 is 0 Å². The van der Waals surface area contributed by atoms with Crippen molar-refractivity contribution < 1.29 is 15.0 Å². The van der Waals surface area contributed by atoms with E-state index in [1.807, 2.05) is 0 Å². The lowest BCUT2D eigenvalue weighted by atomic mass is 9.31. The molecular weight excluding hydrogens is 408 g/mol. The minimum Gasteiger partial charge on any atom is -0.481 e. The highest BCUT2D eigenvalue weighted by Gasteiger charge is 2.71. The zero-order valence-corrected chi connectivity index (χ0v) is 22.3. The van der Waals surface area contributed by atoms with Crippen LogP contribution in [0.1, 0.15) is 113 Å². The van der Waals surface area contributed by atoms with Gasteiger partial charge in [0.25, 0.3) is 0 Å². The summed E-state index contributed by atoms with van der Waals surface area (Å²) in [4.78, 5) is 12.8. The molecule has 0 spiro atoms. The van der Waals surface area contributed by atoms with Crippen LogP contribution in [0.4, 0.5) is 0 Å². The zero-order chi connectivity index (χ0) is 24.2. The Labute approximate surface area is 201 Å². The van der Waals surface area contributed by atoms with Gasteiger partial charge in [-0.15, -0.1) is 0 Å². The van der Waals surface area contributed by atoms with Crippen LogP contribution in [0.15, 0.2) is 11.6 Å². The van der Waals surface area contributed by atoms with E-state index in [2.05, 4.69) is 54.5 Å². The molecule has 0 aliphatic heterocycles. The van der Waals surface area contributed by atoms with Crippen molar-refractivity contribution in [2.24, 2.45) is 50.2 Å². The molecule has 0 radical (unpaired) electrons. The van der Waals surface area contributed by atoms with Gasteiger partial charge in [-0.05, 0) is 104 Å². The maximum Gasteiger partial charge on any atom is 0.309 e. The summed E-state index contributed by atoms with van der Waals surface area (Å²) < 4.78 is 0. The number of aliphatic hydroxyl groups is 1. The monoisotopic (exact) mass is 456 g/mol. The molecule has 0 aromatic rings. The van der Waals surface area contributed by atoms with Gasteiger partial charge in [0.1, 0.15) is 0 Å². The highest BCUT2D eigenvalue weighted by molar-refractivity contribution is 5.76. The zero-order valence-electron chi connectivity index (χ0n) is 22.3. The Morgan fingerprint density at radius 3 is 2.12 bits per heavy atom. The summed E-state index contributed by atoms with van der Waals surface area (Å²) in [6.45, 7) is 16.9. The molecule has 3 nitrogen and oxygen atoms in total. The third kappa shape index (κ3) is 2.87. The van der Waals surface area contributed by atoms with Crippen molar-refractivity contribution in [1.29, 1.82) is 0 Å². The van der Waals surface area contributed by atoms with E-state index >= 15 is 0 Å². The molecule has 0 bridgehead atoms. The molecule has 4 fully saturated rings. The fraction of sp³-hybridized carbons (Fsp3) is 0.900. The van der Waals surface area contributed by atoms with Crippen molar-refractivity contribution in [3.8, 4) is 0 Å². The Bertz CT molecular complexity index is 885. The Morgan fingerprint density at radius 2 is 1.45 bits per heavy atom. The molecule has 33 heavy (non-hydrogen) atoms. The van der Waals surface area contributed by atoms with Gasteiger partial charge >= 0.3 is 5.97 Å². The Hall–Kier alpha value is -0.830. The molecule has 8 atom stereocenters. The molecule has 3 unspecified atom stereocenters. The van der Waals surface area contributed by atoms with E-state index in [1.165, 1.54) is 12.0 Å². The Morgan fingerprint density at radius 1 is 0.848 bits per heavy atom. The molecule has 0 aromatic heterocycles. The van der Waals surface area contributed by atoms with Gasteiger partial charge < -0.3 is 10.2 Å². The van der Waals surface area contributed by atoms with Gasteiger partial charge in [0, 0.05) is 5.41 Å². The van der Waals surface area contributed by atoms with Crippen molar-refractivity contribution >= 4 is 5.97 Å². The lowest BCUT2D eigenvalue weighted by molar-refractivity contribution is -0.237. The summed E-state index contributed by atoms with van der Waals surface area (Å²) in [7, 11) is 0. The smallest absolute Gasteiger partial charge is 0.309 e. The molecule has 5 aliphatic carbocycles. The van der Waals surface area contributed by atoms with Gasteiger partial charge in [-0.1, -0.05) is 60.1 Å². The standard InChI is InChI=1S/C30H48O3/c1-25(2)12-16-30(24(32)33)17-15-28(6)21-10-8-19-20(9-11-23(31)26(19,3)4)27(21,5)13-14-29(28,7)22(30)18-25/h8,20-23,31H,9-18H2,1-7H3,(H,32,33)/t20?,21?,22?,23-,27-,28+,29-,30-/m0/s1. The highest BCUT2D eigenvalue weighted by atomic mass is 16.4. The third-order valence-corrected chi connectivity index (χ3v) is 13.1. The average Bonchev–Trinajstić information content (AvgIpc) is 2.72. The maximum absolute atomic E-state index is 12.8. The molecule has 0 heterocycles. The molecule has 2 N–H and O–H groups in total. The van der Waals surface area contributed by atoms with Crippen LogP contribution < -0.4 is 0 Å². The summed E-state index contributed by atoms with van der Waals surface area (Å²) >= 11 is 0. The van der Waals surface area contributed by atoms with Gasteiger partial charge in [0.15, 0.2) is 0 Å². The van der Waals surface area contributed by atoms with Gasteiger partial charge in [-0.25, -0.2) is 0 Å². The second-order valence-electron chi connectivity index (χ2n) is 15.0. The molecule has 0 amide bonds. The molecule has 5 aliphatic rings. The first-order valence-corrected chi connectivity index (χ1v) is 13.8. The van der Waals surface area contributed by atoms with E-state index in [9.17, 15) is 15.0 Å². The molecule has 0 saturated heterocycles. The van der Waals surface area contributed by atoms with Crippen LogP contribution in [-0.2, 0) is 4.79 Å². The number of hydrogen-bond donors (Lipinski definition) is 2. The van der Waals surface area contributed by atoms with Crippen LogP contribution in [0.5, 0.6) is 0 Å². The maximum atomic E-state index is 12.8. The normalized spacial score (nSPS) is 52.4. The van der Waals surface area contributed by atoms with Gasteiger partial charge in [0.05, 0.1) is 11.5 Å². The van der Waals surface area contributed by atoms with Crippen molar-refractivity contribution in [2.75, 3.05) is 0 Å². The minimum absolute atomic E-state index is 0.0700. The number of carboxylic acids is 1. The molecule has 186 valence electrons. The number of fused-ring (bicyclic) bond motifs is 7. The fourth-order valence-corrected chi connectivity index (χ4v) is 10.5. The van der Waals surface area contributed by atoms with Crippen molar-refractivity contribution in [2.45, 2.75) is 119 Å². The summed E-state index contributed by atoms with van der Waals surface area (Å²) in [5, 5.41) is 21.4. The second-order valence-corrected chi connectivity index (χ2v) is 15.0. The summed E-state index contributed by atoms with van der Waals surface area (Å²) in [5.41, 5.74) is 1.58. The molecule has 0 aromatic carbocycles. The lowest BCUT2D eigenvalue weighted by Crippen LogP contribution is -2.67. The average molecular weight is 457 g/mol. The highest BCUT2D eigenvalue weighted by Crippen LogP contribution is 2.77. The predicted octanol–water partition coefficient (Wildman–Crippen LogP) is 7.23. The number of carboxylic acid groups (broad SMARTS) is 1. The number of allylic oxidation sites excluding steroid dienone is 1. The van der Waals surface area contributed by atoms with Crippen molar-refractivity contribution in [3.63, 3.8) is 0 Å². The van der Waals surface area contributed by atoms with Crippen LogP contribution in [0.3, 0.4) is 0 Å². The van der Waals surface area contributed by atoms with Crippen LogP contribution in [0.2, 0.25) is 0 Å². The molecule has 5 rings (SSSR count). The third-order valence-electron chi connectivity index (χ3n) is 13.1. The van der Waals surface area contributed by atoms with E-state index in [1.54, 1.807) is 0 Å². The SMILES string of the molecule is CC1(C)CC[C@]2(C(=O)O)CC[C@]3(C)C4CC=C5C(CC[C@H](O)C5(C)C)[C@]4(C)CC[C@@]3(C)C2C1. The largest absolute Gasteiger partial charge is 0.481 e. The van der Waals surface area contributed by atoms with Crippen molar-refractivity contribution in [3.05, 3.63) is 11.6 Å². The van der Waals surface area contributed by atoms with Gasteiger partial charge in [-0.3, -0.25) is 4.79 Å². The second kappa shape index (κ2) is 6.89. The van der Waals surface area contributed by atoms with Crippen LogP contribution in [0, 0.1) is 50.2 Å². The Kier molecular flexibility index (Phi) is 4.99. The molecular formula is C30H48O3. The topological polar surface area (TPSA) is 57.5 Å². The first-order chi connectivity index (χ1) is 15.1. The van der Waals surface area contributed by atoms with Gasteiger partial charge in [0.2, 0.25) is 0 Å². The predicted molar refractivity (Wildman–Crippen MR) is 133 cm³/mol. The number of hydrogen-bond acceptors (Lipinski definition) is 2. The number of carbonyl (C=O) groups is 1. The van der Waals surface area contributed by atoms with Gasteiger partial charge in [-0.2, -0.15) is 0 Å². The van der Waals surface area contributed by atoms with E-state index in [4.69, 9.17) is 0 Å². The quantitative estimate of drug-likeness (QED) is 0.409. The fourth-order valence-electron chi connectivity index (χ4n) is 10.5. The number of aliphatic hydroxyl groups excluding tert-OH is 1. The minimum atomic E-state index is -0.524. The van der Waals surface area contributed by atoms with E-state index in [0.29, 0.717) is 11.8 Å². The number of rotatable bonds is 1. The van der Waals surface area contributed by atoms with E-state index in [-0.39, 0.29) is 39.1 Å². The van der Waals surface area contributed by atoms with E-state index < -0.39 is 11.4 Å². The lowest BCUT2D eigenvalue weighted by Gasteiger charge is -2.72. The molecule has 3 heteroatoms. The van der Waals surface area contributed by atoms with E-state index in [0.717, 1.165) is 57.8 Å². The molecule has 4 saturated carbocycles. The first kappa shape index (κ1) is 23.9. The number of aliphatic carboxylic acids is 1. The Balaban J connectivity index is 1.59. The van der Waals surface area contributed by atoms with Crippen molar-refractivity contribution in [1.82, 2.24) is 0 Å². The summed E-state index contributed by atoms with van der Waals surface area (Å²) in [6.07, 6.45) is 12.6. The van der Waals surface area contributed by atoms with Crippen LogP contribution in [0.25, 0.3) is 0 Å². The summed E-state index contributed by atoms with van der Waals surface area (Å²) in [5.74, 6) is 0.906.